The van der Waals surface area contributed by atoms with Crippen molar-refractivity contribution in [2.45, 2.75) is 58.7 Å². The molecule has 0 N–H and O–H groups in total. The van der Waals surface area contributed by atoms with Crippen molar-refractivity contribution in [1.29, 1.82) is 0 Å². The highest BCUT2D eigenvalue weighted by atomic mass is 32.1. The topological polar surface area (TPSA) is 86.0 Å². The molecule has 0 saturated heterocycles. The zero-order valence-electron chi connectivity index (χ0n) is 20.3. The van der Waals surface area contributed by atoms with Crippen molar-refractivity contribution < 1.29 is 19.1 Å². The van der Waals surface area contributed by atoms with E-state index in [2.05, 4.69) is 0 Å². The molecule has 2 aromatic heterocycles. The number of carbonyl (C=O) groups is 2. The molecule has 5 rings (SSSR count). The van der Waals surface area contributed by atoms with Crippen LogP contribution in [0.3, 0.4) is 0 Å². The first-order chi connectivity index (χ1) is 16.7. The Bertz CT molecular complexity index is 1400. The van der Waals surface area contributed by atoms with E-state index in [1.165, 1.54) is 11.3 Å². The molecule has 8 nitrogen and oxygen atoms in total. The lowest BCUT2D eigenvalue weighted by molar-refractivity contribution is 0.0216. The number of carbonyl (C=O) groups excluding carboxylic acids is 2. The lowest BCUT2D eigenvalue weighted by Crippen LogP contribution is -2.37. The van der Waals surface area contributed by atoms with Gasteiger partial charge in [0.2, 0.25) is 4.96 Å². The average molecular weight is 493 g/mol. The third-order valence-corrected chi connectivity index (χ3v) is 6.65. The predicted molar refractivity (Wildman–Crippen MR) is 135 cm³/mol. The van der Waals surface area contributed by atoms with Crippen LogP contribution in [0.25, 0.3) is 26.6 Å². The fraction of sp³-hybridized carbons (Fsp3) is 0.385. The quantitative estimate of drug-likeness (QED) is 0.322. The second-order valence-corrected chi connectivity index (χ2v) is 10.7. The van der Waals surface area contributed by atoms with Crippen LogP contribution >= 0.6 is 11.3 Å². The molecular weight excluding hydrogens is 464 g/mol. The van der Waals surface area contributed by atoms with E-state index in [1.54, 1.807) is 17.5 Å². The lowest BCUT2D eigenvalue weighted by atomic mass is 10.1. The summed E-state index contributed by atoms with van der Waals surface area (Å²) in [6.45, 7) is 8.30. The third kappa shape index (κ3) is 5.00. The minimum absolute atomic E-state index is 0.253. The third-order valence-electron chi connectivity index (χ3n) is 5.66. The number of amides is 1. The Kier molecular flexibility index (Phi) is 5.96. The van der Waals surface area contributed by atoms with Gasteiger partial charge in [-0.25, -0.2) is 14.1 Å². The molecular formula is C26H28N4O4S. The molecule has 9 heteroatoms. The van der Waals surface area contributed by atoms with Gasteiger partial charge in [-0.15, -0.1) is 5.10 Å². The molecule has 0 spiro atoms. The molecule has 1 amide bonds. The number of hydrogen-bond donors (Lipinski definition) is 0. The van der Waals surface area contributed by atoms with Gasteiger partial charge in [0.25, 0.3) is 0 Å². The van der Waals surface area contributed by atoms with Crippen LogP contribution in [-0.4, -0.2) is 49.8 Å². The number of nitrogens with zero attached hydrogens (tertiary/aromatic N) is 4. The van der Waals surface area contributed by atoms with Crippen molar-refractivity contribution in [3.05, 3.63) is 53.6 Å². The fourth-order valence-electron chi connectivity index (χ4n) is 3.86. The molecule has 1 aliphatic rings. The predicted octanol–water partition coefficient (Wildman–Crippen LogP) is 5.69. The fourth-order valence-corrected chi connectivity index (χ4v) is 4.86. The standard InChI is InChI=1S/C26H28N4O4S/c1-5-33-23(31)18-10-13-20-21(14-18)35-24-27-22(28-30(20)24)17-8-6-16(7-9-17)15-29(19-11-12-19)25(32)34-26(2,3)4/h6-10,13-14,19H,5,11-12,15H2,1-4H3. The van der Waals surface area contributed by atoms with Crippen molar-refractivity contribution in [2.24, 2.45) is 0 Å². The normalized spacial score (nSPS) is 13.8. The SMILES string of the molecule is CCOC(=O)c1ccc2c(c1)sc1nc(-c3ccc(CN(C(=O)OC(C)(C)C)C4CC4)cc3)nn12. The molecule has 1 aliphatic carbocycles. The molecule has 1 fully saturated rings. The number of hydrogen-bond acceptors (Lipinski definition) is 7. The number of fused-ring (bicyclic) bond motifs is 3. The molecule has 2 heterocycles. The van der Waals surface area contributed by atoms with Gasteiger partial charge in [-0.3, -0.25) is 0 Å². The smallest absolute Gasteiger partial charge is 0.410 e. The van der Waals surface area contributed by atoms with Crippen LogP contribution < -0.4 is 0 Å². The van der Waals surface area contributed by atoms with E-state index < -0.39 is 5.60 Å². The van der Waals surface area contributed by atoms with E-state index in [0.29, 0.717) is 24.5 Å². The Morgan fingerprint density at radius 1 is 1.14 bits per heavy atom. The van der Waals surface area contributed by atoms with Crippen LogP contribution in [-0.2, 0) is 16.0 Å². The van der Waals surface area contributed by atoms with Crippen LogP contribution in [0, 0.1) is 0 Å². The summed E-state index contributed by atoms with van der Waals surface area (Å²) >= 11 is 1.48. The summed E-state index contributed by atoms with van der Waals surface area (Å²) in [5.74, 6) is 0.298. The number of esters is 1. The summed E-state index contributed by atoms with van der Waals surface area (Å²) < 4.78 is 13.4. The molecule has 0 radical (unpaired) electrons. The van der Waals surface area contributed by atoms with Crippen molar-refractivity contribution in [3.8, 4) is 11.4 Å². The van der Waals surface area contributed by atoms with Crippen molar-refractivity contribution >= 4 is 38.6 Å². The summed E-state index contributed by atoms with van der Waals surface area (Å²) in [5.41, 5.74) is 2.83. The van der Waals surface area contributed by atoms with Gasteiger partial charge in [-0.05, 0) is 64.3 Å². The maximum atomic E-state index is 12.7. The number of thiazole rings is 1. The summed E-state index contributed by atoms with van der Waals surface area (Å²) in [6.07, 6.45) is 1.77. The molecule has 0 unspecified atom stereocenters. The van der Waals surface area contributed by atoms with E-state index in [0.717, 1.165) is 39.1 Å². The van der Waals surface area contributed by atoms with Crippen LogP contribution in [0.1, 0.15) is 56.5 Å². The highest BCUT2D eigenvalue weighted by Gasteiger charge is 2.35. The zero-order chi connectivity index (χ0) is 24.7. The van der Waals surface area contributed by atoms with Gasteiger partial charge in [0.15, 0.2) is 5.82 Å². The Morgan fingerprint density at radius 2 is 1.89 bits per heavy atom. The molecule has 182 valence electrons. The van der Waals surface area contributed by atoms with Gasteiger partial charge < -0.3 is 14.4 Å². The van der Waals surface area contributed by atoms with Gasteiger partial charge >= 0.3 is 12.1 Å². The zero-order valence-corrected chi connectivity index (χ0v) is 21.1. The van der Waals surface area contributed by atoms with Gasteiger partial charge in [0.05, 0.1) is 22.4 Å². The highest BCUT2D eigenvalue weighted by molar-refractivity contribution is 7.23. The second kappa shape index (κ2) is 8.96. The molecule has 1 saturated carbocycles. The minimum Gasteiger partial charge on any atom is -0.462 e. The number of aromatic nitrogens is 3. The second-order valence-electron chi connectivity index (χ2n) is 9.67. The van der Waals surface area contributed by atoms with Crippen LogP contribution in [0.15, 0.2) is 42.5 Å². The molecule has 0 aliphatic heterocycles. The van der Waals surface area contributed by atoms with E-state index in [4.69, 9.17) is 19.6 Å². The Balaban J connectivity index is 1.34. The Labute approximate surface area is 207 Å². The monoisotopic (exact) mass is 492 g/mol. The average Bonchev–Trinajstić information content (AvgIpc) is 3.47. The largest absolute Gasteiger partial charge is 0.462 e. The van der Waals surface area contributed by atoms with Crippen molar-refractivity contribution in [1.82, 2.24) is 19.5 Å². The van der Waals surface area contributed by atoms with Gasteiger partial charge in [-0.2, -0.15) is 4.98 Å². The van der Waals surface area contributed by atoms with Crippen molar-refractivity contribution in [3.63, 3.8) is 0 Å². The van der Waals surface area contributed by atoms with Gasteiger partial charge in [0, 0.05) is 18.2 Å². The molecule has 0 bridgehead atoms. The van der Waals surface area contributed by atoms with Gasteiger partial charge in [-0.1, -0.05) is 35.6 Å². The lowest BCUT2D eigenvalue weighted by Gasteiger charge is -2.27. The summed E-state index contributed by atoms with van der Waals surface area (Å²) in [5, 5.41) is 4.69. The number of rotatable bonds is 6. The summed E-state index contributed by atoms with van der Waals surface area (Å²) in [6, 6.07) is 13.7. The number of benzene rings is 2. The molecule has 0 atom stereocenters. The first-order valence-corrected chi connectivity index (χ1v) is 12.6. The summed E-state index contributed by atoms with van der Waals surface area (Å²) in [4.78, 5) is 32.0. The minimum atomic E-state index is -0.516. The highest BCUT2D eigenvalue weighted by Crippen LogP contribution is 2.31. The summed E-state index contributed by atoms with van der Waals surface area (Å²) in [7, 11) is 0. The van der Waals surface area contributed by atoms with E-state index in [-0.39, 0.29) is 18.1 Å². The van der Waals surface area contributed by atoms with Crippen LogP contribution in [0.5, 0.6) is 0 Å². The van der Waals surface area contributed by atoms with Crippen LogP contribution in [0.2, 0.25) is 0 Å². The first kappa shape index (κ1) is 23.3. The molecule has 4 aromatic rings. The maximum Gasteiger partial charge on any atom is 0.410 e. The Hall–Kier alpha value is -3.46. The first-order valence-electron chi connectivity index (χ1n) is 11.8. The number of ether oxygens (including phenoxy) is 2. The van der Waals surface area contributed by atoms with Crippen molar-refractivity contribution in [2.75, 3.05) is 6.61 Å². The Morgan fingerprint density at radius 3 is 2.54 bits per heavy atom. The van der Waals surface area contributed by atoms with Gasteiger partial charge in [0.1, 0.15) is 5.60 Å². The van der Waals surface area contributed by atoms with E-state index in [9.17, 15) is 9.59 Å². The molecule has 2 aromatic carbocycles. The van der Waals surface area contributed by atoms with E-state index >= 15 is 0 Å². The maximum absolute atomic E-state index is 12.7. The molecule has 35 heavy (non-hydrogen) atoms. The van der Waals surface area contributed by atoms with E-state index in [1.807, 2.05) is 62.1 Å². The van der Waals surface area contributed by atoms with Crippen LogP contribution in [0.4, 0.5) is 4.79 Å².